The van der Waals surface area contributed by atoms with Gasteiger partial charge in [0.05, 0.1) is 6.61 Å². The minimum atomic E-state index is -0.0721. The van der Waals surface area contributed by atoms with Gasteiger partial charge < -0.3 is 9.64 Å². The number of hydrogen-bond donors (Lipinski definition) is 1. The van der Waals surface area contributed by atoms with Crippen LogP contribution in [0.5, 0.6) is 0 Å². The second kappa shape index (κ2) is 6.52. The maximum Gasteiger partial charge on any atom is 0.323 e. The Hall–Kier alpha value is -1.62. The standard InChI is InChI=1S/C14H21N3O2/c1-3-19-10-12-5-7-17(9-12)14(18)16-13-8-11(2)4-6-15-13/h4,6,8,12H,3,5,7,9-10H2,1-2H3,(H,15,16,18)/t12-/m0/s1. The van der Waals surface area contributed by atoms with Crippen molar-refractivity contribution < 1.29 is 9.53 Å². The normalized spacial score (nSPS) is 18.6. The van der Waals surface area contributed by atoms with E-state index in [1.807, 2.05) is 30.9 Å². The number of urea groups is 1. The van der Waals surface area contributed by atoms with Crippen molar-refractivity contribution in [2.45, 2.75) is 20.3 Å². The summed E-state index contributed by atoms with van der Waals surface area (Å²) in [5.41, 5.74) is 1.08. The van der Waals surface area contributed by atoms with Gasteiger partial charge in [-0.3, -0.25) is 5.32 Å². The smallest absolute Gasteiger partial charge is 0.323 e. The predicted molar refractivity (Wildman–Crippen MR) is 74.2 cm³/mol. The maximum absolute atomic E-state index is 12.1. The maximum atomic E-state index is 12.1. The van der Waals surface area contributed by atoms with Gasteiger partial charge in [0.15, 0.2) is 0 Å². The third kappa shape index (κ3) is 3.92. The lowest BCUT2D eigenvalue weighted by Gasteiger charge is -2.17. The number of nitrogens with zero attached hydrogens (tertiary/aromatic N) is 2. The highest BCUT2D eigenvalue weighted by Gasteiger charge is 2.26. The highest BCUT2D eigenvalue weighted by molar-refractivity contribution is 5.88. The molecule has 2 amide bonds. The van der Waals surface area contributed by atoms with Crippen LogP contribution in [0.2, 0.25) is 0 Å². The molecule has 1 aliphatic heterocycles. The van der Waals surface area contributed by atoms with Crippen molar-refractivity contribution in [1.82, 2.24) is 9.88 Å². The summed E-state index contributed by atoms with van der Waals surface area (Å²) < 4.78 is 5.41. The molecular weight excluding hydrogens is 242 g/mol. The van der Waals surface area contributed by atoms with Crippen LogP contribution in [0, 0.1) is 12.8 Å². The van der Waals surface area contributed by atoms with E-state index in [9.17, 15) is 4.79 Å². The number of rotatable bonds is 4. The first-order chi connectivity index (χ1) is 9.19. The minimum Gasteiger partial charge on any atom is -0.381 e. The number of ether oxygens (including phenoxy) is 1. The van der Waals surface area contributed by atoms with Gasteiger partial charge in [-0.25, -0.2) is 9.78 Å². The second-order valence-electron chi connectivity index (χ2n) is 4.91. The first kappa shape index (κ1) is 13.8. The number of aryl methyl sites for hydroxylation is 1. The Morgan fingerprint density at radius 2 is 2.47 bits per heavy atom. The molecule has 19 heavy (non-hydrogen) atoms. The molecule has 1 fully saturated rings. The summed E-state index contributed by atoms with van der Waals surface area (Å²) in [5, 5.41) is 2.84. The fraction of sp³-hybridized carbons (Fsp3) is 0.571. The number of hydrogen-bond acceptors (Lipinski definition) is 3. The number of carbonyl (C=O) groups excluding carboxylic acids is 1. The van der Waals surface area contributed by atoms with Crippen molar-refractivity contribution in [3.63, 3.8) is 0 Å². The van der Waals surface area contributed by atoms with E-state index in [0.29, 0.717) is 11.7 Å². The summed E-state index contributed by atoms with van der Waals surface area (Å²) in [6, 6.07) is 3.70. The first-order valence-electron chi connectivity index (χ1n) is 6.75. The Bertz CT molecular complexity index is 436. The van der Waals surface area contributed by atoms with Gasteiger partial charge in [-0.1, -0.05) is 0 Å². The van der Waals surface area contributed by atoms with Crippen LogP contribution in [-0.2, 0) is 4.74 Å². The molecule has 2 rings (SSSR count). The van der Waals surface area contributed by atoms with E-state index in [1.54, 1.807) is 6.20 Å². The van der Waals surface area contributed by atoms with Crippen molar-refractivity contribution in [1.29, 1.82) is 0 Å². The second-order valence-corrected chi connectivity index (χ2v) is 4.91. The molecule has 0 aliphatic carbocycles. The quantitative estimate of drug-likeness (QED) is 0.906. The Morgan fingerprint density at radius 3 is 3.21 bits per heavy atom. The first-order valence-corrected chi connectivity index (χ1v) is 6.75. The Kier molecular flexibility index (Phi) is 4.74. The van der Waals surface area contributed by atoms with Crippen molar-refractivity contribution in [2.75, 3.05) is 31.6 Å². The number of amides is 2. The molecule has 1 atom stereocenters. The summed E-state index contributed by atoms with van der Waals surface area (Å²) in [4.78, 5) is 18.0. The van der Waals surface area contributed by atoms with Gasteiger partial charge in [-0.15, -0.1) is 0 Å². The van der Waals surface area contributed by atoms with Crippen molar-refractivity contribution in [3.05, 3.63) is 23.9 Å². The summed E-state index contributed by atoms with van der Waals surface area (Å²) in [6.07, 6.45) is 2.71. The van der Waals surface area contributed by atoms with E-state index in [1.165, 1.54) is 0 Å². The van der Waals surface area contributed by atoms with Crippen LogP contribution in [0.15, 0.2) is 18.3 Å². The molecule has 0 bridgehead atoms. The Morgan fingerprint density at radius 1 is 1.63 bits per heavy atom. The van der Waals surface area contributed by atoms with Crippen LogP contribution < -0.4 is 5.32 Å². The third-order valence-corrected chi connectivity index (χ3v) is 3.28. The largest absolute Gasteiger partial charge is 0.381 e. The van der Waals surface area contributed by atoms with Crippen LogP contribution in [0.1, 0.15) is 18.9 Å². The SMILES string of the molecule is CCOC[C@H]1CCN(C(=O)Nc2cc(C)ccn2)C1. The summed E-state index contributed by atoms with van der Waals surface area (Å²) >= 11 is 0. The molecule has 0 radical (unpaired) electrons. The molecule has 0 saturated carbocycles. The lowest BCUT2D eigenvalue weighted by molar-refractivity contribution is 0.113. The van der Waals surface area contributed by atoms with E-state index in [-0.39, 0.29) is 6.03 Å². The van der Waals surface area contributed by atoms with Crippen LogP contribution in [-0.4, -0.2) is 42.2 Å². The molecule has 1 aromatic rings. The molecule has 0 unspecified atom stereocenters. The van der Waals surface area contributed by atoms with E-state index in [2.05, 4.69) is 10.3 Å². The van der Waals surface area contributed by atoms with E-state index >= 15 is 0 Å². The zero-order valence-electron chi connectivity index (χ0n) is 11.6. The topological polar surface area (TPSA) is 54.5 Å². The van der Waals surface area contributed by atoms with Crippen molar-refractivity contribution in [3.8, 4) is 0 Å². The summed E-state index contributed by atoms with van der Waals surface area (Å²) in [5.74, 6) is 1.06. The zero-order chi connectivity index (χ0) is 13.7. The van der Waals surface area contributed by atoms with Crippen LogP contribution in [0.4, 0.5) is 10.6 Å². The molecule has 1 N–H and O–H groups in total. The van der Waals surface area contributed by atoms with Crippen LogP contribution in [0.3, 0.4) is 0 Å². The van der Waals surface area contributed by atoms with Gasteiger partial charge >= 0.3 is 6.03 Å². The van der Waals surface area contributed by atoms with Gasteiger partial charge in [0.25, 0.3) is 0 Å². The molecule has 5 heteroatoms. The number of aromatic nitrogens is 1. The van der Waals surface area contributed by atoms with E-state index < -0.39 is 0 Å². The molecule has 2 heterocycles. The molecule has 1 aromatic heterocycles. The van der Waals surface area contributed by atoms with Gasteiger partial charge in [-0.05, 0) is 38.0 Å². The van der Waals surface area contributed by atoms with Crippen LogP contribution >= 0.6 is 0 Å². The average Bonchev–Trinajstić information content (AvgIpc) is 2.85. The molecule has 0 spiro atoms. The van der Waals surface area contributed by atoms with E-state index in [0.717, 1.165) is 38.3 Å². The highest BCUT2D eigenvalue weighted by Crippen LogP contribution is 2.17. The zero-order valence-corrected chi connectivity index (χ0v) is 11.6. The van der Waals surface area contributed by atoms with Crippen LogP contribution in [0.25, 0.3) is 0 Å². The van der Waals surface area contributed by atoms with Crippen molar-refractivity contribution in [2.24, 2.45) is 5.92 Å². The van der Waals surface area contributed by atoms with Crippen molar-refractivity contribution >= 4 is 11.8 Å². The van der Waals surface area contributed by atoms with Gasteiger partial charge in [0.1, 0.15) is 5.82 Å². The number of nitrogens with one attached hydrogen (secondary N) is 1. The number of carbonyl (C=O) groups is 1. The summed E-state index contributed by atoms with van der Waals surface area (Å²) in [7, 11) is 0. The fourth-order valence-electron chi connectivity index (χ4n) is 2.23. The molecule has 1 aliphatic rings. The number of pyridine rings is 1. The number of likely N-dealkylation sites (tertiary alicyclic amines) is 1. The van der Waals surface area contributed by atoms with Gasteiger partial charge in [-0.2, -0.15) is 0 Å². The highest BCUT2D eigenvalue weighted by atomic mass is 16.5. The summed E-state index contributed by atoms with van der Waals surface area (Å²) in [6.45, 7) is 6.99. The lowest BCUT2D eigenvalue weighted by Crippen LogP contribution is -2.33. The monoisotopic (exact) mass is 263 g/mol. The average molecular weight is 263 g/mol. The minimum absolute atomic E-state index is 0.0721. The Balaban J connectivity index is 1.84. The lowest BCUT2D eigenvalue weighted by atomic mass is 10.1. The molecule has 1 saturated heterocycles. The van der Waals surface area contributed by atoms with Gasteiger partial charge in [0, 0.05) is 31.8 Å². The van der Waals surface area contributed by atoms with E-state index in [4.69, 9.17) is 4.74 Å². The third-order valence-electron chi connectivity index (χ3n) is 3.28. The van der Waals surface area contributed by atoms with Gasteiger partial charge in [0.2, 0.25) is 0 Å². The number of anilines is 1. The molecule has 0 aromatic carbocycles. The molecule has 104 valence electrons. The Labute approximate surface area is 114 Å². The fourth-order valence-corrected chi connectivity index (χ4v) is 2.23. The molecule has 5 nitrogen and oxygen atoms in total. The molecular formula is C14H21N3O2. The predicted octanol–water partition coefficient (Wildman–Crippen LogP) is 2.28.